The lowest BCUT2D eigenvalue weighted by molar-refractivity contribution is -0.120. The highest BCUT2D eigenvalue weighted by Gasteiger charge is 2.07. The Hall–Kier alpha value is -2.15. The van der Waals surface area contributed by atoms with Crippen LogP contribution in [0.2, 0.25) is 0 Å². The summed E-state index contributed by atoms with van der Waals surface area (Å²) in [6.07, 6.45) is 3.19. The molecule has 1 amide bonds. The average molecular weight is 352 g/mol. The summed E-state index contributed by atoms with van der Waals surface area (Å²) in [5, 5.41) is 11.5. The first-order valence-electron chi connectivity index (χ1n) is 6.31. The quantitative estimate of drug-likeness (QED) is 0.829. The monoisotopic (exact) mass is 351 g/mol. The van der Waals surface area contributed by atoms with E-state index in [1.165, 1.54) is 12.5 Å². The molecule has 2 rings (SSSR count). The predicted octanol–water partition coefficient (Wildman–Crippen LogP) is 1.70. The Morgan fingerprint density at radius 1 is 1.29 bits per heavy atom. The summed E-state index contributed by atoms with van der Waals surface area (Å²) in [5.41, 5.74) is 0.933. The third-order valence-electron chi connectivity index (χ3n) is 2.82. The van der Waals surface area contributed by atoms with Crippen molar-refractivity contribution in [2.75, 3.05) is 6.54 Å². The molecule has 0 aliphatic rings. The van der Waals surface area contributed by atoms with Crippen molar-refractivity contribution in [3.05, 3.63) is 52.5 Å². The Kier molecular flexibility index (Phi) is 5.10. The van der Waals surface area contributed by atoms with E-state index in [0.29, 0.717) is 19.5 Å². The van der Waals surface area contributed by atoms with Gasteiger partial charge >= 0.3 is 5.97 Å². The number of hydrogen-bond donors (Lipinski definition) is 2. The summed E-state index contributed by atoms with van der Waals surface area (Å²) in [7, 11) is 0. The second-order valence-electron chi connectivity index (χ2n) is 4.46. The fourth-order valence-corrected chi connectivity index (χ4v) is 2.03. The van der Waals surface area contributed by atoms with Gasteiger partial charge in [0.15, 0.2) is 5.69 Å². The maximum absolute atomic E-state index is 11.8. The van der Waals surface area contributed by atoms with Crippen molar-refractivity contribution < 1.29 is 14.7 Å². The normalized spacial score (nSPS) is 10.3. The second-order valence-corrected chi connectivity index (χ2v) is 5.37. The molecular formula is C14H14BrN3O3. The van der Waals surface area contributed by atoms with Gasteiger partial charge in [0.1, 0.15) is 0 Å². The van der Waals surface area contributed by atoms with Crippen LogP contribution in [0, 0.1) is 0 Å². The summed E-state index contributed by atoms with van der Waals surface area (Å²) >= 11 is 3.34. The molecular weight excluding hydrogens is 338 g/mol. The van der Waals surface area contributed by atoms with Crippen molar-refractivity contribution in [3.63, 3.8) is 0 Å². The molecule has 0 atom stereocenters. The largest absolute Gasteiger partial charge is 0.476 e. The lowest BCUT2D eigenvalue weighted by Gasteiger charge is -2.06. The van der Waals surface area contributed by atoms with Gasteiger partial charge in [-0.15, -0.1) is 0 Å². The summed E-state index contributed by atoms with van der Waals surface area (Å²) < 4.78 is 2.60. The molecule has 110 valence electrons. The number of nitrogens with zero attached hydrogens (tertiary/aromatic N) is 2. The lowest BCUT2D eigenvalue weighted by atomic mass is 10.1. The maximum atomic E-state index is 11.8. The fraction of sp³-hybridized carbons (Fsp3) is 0.214. The molecule has 0 fully saturated rings. The SMILES string of the molecule is O=C(Cc1ccc(Br)cc1)NCCn1cnc(C(=O)O)c1. The molecule has 0 aliphatic heterocycles. The summed E-state index contributed by atoms with van der Waals surface area (Å²) in [6, 6.07) is 7.56. The first kappa shape index (κ1) is 15.2. The highest BCUT2D eigenvalue weighted by Crippen LogP contribution is 2.10. The fourth-order valence-electron chi connectivity index (χ4n) is 1.77. The zero-order valence-electron chi connectivity index (χ0n) is 11.1. The zero-order valence-corrected chi connectivity index (χ0v) is 12.7. The standard InChI is InChI=1S/C14H14BrN3O3/c15-11-3-1-10(2-4-11)7-13(19)16-5-6-18-8-12(14(20)21)17-9-18/h1-4,8-9H,5-7H2,(H,16,19)(H,20,21). The van der Waals surface area contributed by atoms with Crippen LogP contribution < -0.4 is 5.32 Å². The molecule has 0 saturated heterocycles. The number of carbonyl (C=O) groups is 2. The molecule has 0 unspecified atom stereocenters. The predicted molar refractivity (Wildman–Crippen MR) is 80.0 cm³/mol. The van der Waals surface area contributed by atoms with Crippen molar-refractivity contribution in [1.82, 2.24) is 14.9 Å². The van der Waals surface area contributed by atoms with Crippen LogP contribution >= 0.6 is 15.9 Å². The number of amides is 1. The Labute approximate surface area is 129 Å². The number of hydrogen-bond acceptors (Lipinski definition) is 3. The molecule has 1 aromatic heterocycles. The minimum absolute atomic E-state index is 0.00353. The van der Waals surface area contributed by atoms with Crippen molar-refractivity contribution in [1.29, 1.82) is 0 Å². The number of benzene rings is 1. The van der Waals surface area contributed by atoms with E-state index in [0.717, 1.165) is 10.0 Å². The van der Waals surface area contributed by atoms with Gasteiger partial charge in [-0.05, 0) is 17.7 Å². The number of aromatic nitrogens is 2. The number of imidazole rings is 1. The molecule has 0 aliphatic carbocycles. The summed E-state index contributed by atoms with van der Waals surface area (Å²) in [5.74, 6) is -1.14. The number of rotatable bonds is 6. The van der Waals surface area contributed by atoms with Crippen LogP contribution in [0.1, 0.15) is 16.1 Å². The van der Waals surface area contributed by atoms with Crippen LogP contribution in [-0.4, -0.2) is 33.1 Å². The van der Waals surface area contributed by atoms with Gasteiger partial charge in [0, 0.05) is 23.8 Å². The van der Waals surface area contributed by atoms with Crippen LogP contribution in [-0.2, 0) is 17.8 Å². The molecule has 1 aromatic carbocycles. The van der Waals surface area contributed by atoms with Gasteiger partial charge < -0.3 is 15.0 Å². The minimum Gasteiger partial charge on any atom is -0.476 e. The van der Waals surface area contributed by atoms with Crippen molar-refractivity contribution in [2.45, 2.75) is 13.0 Å². The molecule has 0 bridgehead atoms. The van der Waals surface area contributed by atoms with E-state index < -0.39 is 5.97 Å². The number of carboxylic acids is 1. The van der Waals surface area contributed by atoms with Gasteiger partial charge in [-0.1, -0.05) is 28.1 Å². The highest BCUT2D eigenvalue weighted by atomic mass is 79.9. The summed E-state index contributed by atoms with van der Waals surface area (Å²) in [4.78, 5) is 26.2. The van der Waals surface area contributed by atoms with E-state index in [9.17, 15) is 9.59 Å². The van der Waals surface area contributed by atoms with Gasteiger partial charge in [-0.2, -0.15) is 0 Å². The molecule has 6 nitrogen and oxygen atoms in total. The average Bonchev–Trinajstić information content (AvgIpc) is 2.90. The lowest BCUT2D eigenvalue weighted by Crippen LogP contribution is -2.28. The molecule has 1 heterocycles. The van der Waals surface area contributed by atoms with Crippen LogP contribution in [0.15, 0.2) is 41.3 Å². The van der Waals surface area contributed by atoms with E-state index in [1.54, 1.807) is 4.57 Å². The number of carbonyl (C=O) groups excluding carboxylic acids is 1. The van der Waals surface area contributed by atoms with Gasteiger partial charge in [0.25, 0.3) is 0 Å². The van der Waals surface area contributed by atoms with Gasteiger partial charge in [0.2, 0.25) is 5.91 Å². The van der Waals surface area contributed by atoms with Crippen molar-refractivity contribution in [3.8, 4) is 0 Å². The molecule has 2 aromatic rings. The maximum Gasteiger partial charge on any atom is 0.356 e. The van der Waals surface area contributed by atoms with E-state index in [-0.39, 0.29) is 11.6 Å². The molecule has 0 spiro atoms. The van der Waals surface area contributed by atoms with E-state index in [2.05, 4.69) is 26.2 Å². The van der Waals surface area contributed by atoms with E-state index in [4.69, 9.17) is 5.11 Å². The molecule has 2 N–H and O–H groups in total. The topological polar surface area (TPSA) is 84.2 Å². The molecule has 21 heavy (non-hydrogen) atoms. The number of carboxylic acid groups (broad SMARTS) is 1. The molecule has 7 heteroatoms. The minimum atomic E-state index is -1.06. The van der Waals surface area contributed by atoms with Crippen LogP contribution in [0.3, 0.4) is 0 Å². The van der Waals surface area contributed by atoms with Crippen LogP contribution in [0.4, 0.5) is 0 Å². The van der Waals surface area contributed by atoms with Gasteiger partial charge in [-0.3, -0.25) is 4.79 Å². The smallest absolute Gasteiger partial charge is 0.356 e. The molecule has 0 radical (unpaired) electrons. The van der Waals surface area contributed by atoms with E-state index >= 15 is 0 Å². The van der Waals surface area contributed by atoms with Crippen LogP contribution in [0.5, 0.6) is 0 Å². The first-order valence-corrected chi connectivity index (χ1v) is 7.10. The first-order chi connectivity index (χ1) is 10.0. The third kappa shape index (κ3) is 4.71. The highest BCUT2D eigenvalue weighted by molar-refractivity contribution is 9.10. The number of aromatic carboxylic acids is 1. The van der Waals surface area contributed by atoms with Crippen molar-refractivity contribution in [2.24, 2.45) is 0 Å². The third-order valence-corrected chi connectivity index (χ3v) is 3.35. The number of halogens is 1. The Bertz CT molecular complexity index is 637. The zero-order chi connectivity index (χ0) is 15.2. The van der Waals surface area contributed by atoms with Crippen molar-refractivity contribution >= 4 is 27.8 Å². The molecule has 0 saturated carbocycles. The number of nitrogens with one attached hydrogen (secondary N) is 1. The summed E-state index contributed by atoms with van der Waals surface area (Å²) in [6.45, 7) is 0.900. The Morgan fingerprint density at radius 3 is 2.62 bits per heavy atom. The van der Waals surface area contributed by atoms with Gasteiger partial charge in [0.05, 0.1) is 12.7 Å². The van der Waals surface area contributed by atoms with E-state index in [1.807, 2.05) is 24.3 Å². The Balaban J connectivity index is 1.76. The van der Waals surface area contributed by atoms with Gasteiger partial charge in [-0.25, -0.2) is 9.78 Å². The van der Waals surface area contributed by atoms with Crippen LogP contribution in [0.25, 0.3) is 0 Å². The second kappa shape index (κ2) is 7.03. The Morgan fingerprint density at radius 2 is 2.00 bits per heavy atom.